The van der Waals surface area contributed by atoms with E-state index in [-0.39, 0.29) is 11.7 Å². The number of hydrogen-bond donors (Lipinski definition) is 1. The molecular formula is C30H28FN3O2. The molecule has 1 aromatic heterocycles. The van der Waals surface area contributed by atoms with Crippen molar-refractivity contribution >= 4 is 27.7 Å². The average Bonchev–Trinajstić information content (AvgIpc) is 3.26. The highest BCUT2D eigenvalue weighted by molar-refractivity contribution is 5.94. The summed E-state index contributed by atoms with van der Waals surface area (Å²) < 4.78 is 21.4. The van der Waals surface area contributed by atoms with E-state index in [1.165, 1.54) is 35.0 Å². The Hall–Kier alpha value is -4.19. The standard InChI is InChI=1S/C30H28FN3O2/c31-25-15-12-23(13-16-25)30(35)32-18-5-11-29-33-27-9-3-4-10-28(27)34(29)19-6-20-36-26-17-14-22-7-1-2-8-24(22)21-26/h1-4,7-10,12-17,21H,5-6,11,18-20H2,(H,32,35). The summed E-state index contributed by atoms with van der Waals surface area (Å²) >= 11 is 0. The molecule has 0 bridgehead atoms. The monoisotopic (exact) mass is 481 g/mol. The summed E-state index contributed by atoms with van der Waals surface area (Å²) in [5.74, 6) is 1.32. The van der Waals surface area contributed by atoms with Gasteiger partial charge in [-0.1, -0.05) is 42.5 Å². The molecule has 0 unspecified atom stereocenters. The maximum Gasteiger partial charge on any atom is 0.251 e. The smallest absolute Gasteiger partial charge is 0.251 e. The van der Waals surface area contributed by atoms with Gasteiger partial charge in [0.2, 0.25) is 0 Å². The molecule has 1 heterocycles. The molecule has 1 amide bonds. The van der Waals surface area contributed by atoms with Crippen molar-refractivity contribution in [2.24, 2.45) is 0 Å². The van der Waals surface area contributed by atoms with Gasteiger partial charge in [0.05, 0.1) is 17.6 Å². The molecule has 0 aliphatic rings. The molecule has 0 saturated heterocycles. The second kappa shape index (κ2) is 11.0. The van der Waals surface area contributed by atoms with Crippen molar-refractivity contribution in [2.75, 3.05) is 13.2 Å². The van der Waals surface area contributed by atoms with Gasteiger partial charge in [-0.25, -0.2) is 9.37 Å². The average molecular weight is 482 g/mol. The summed E-state index contributed by atoms with van der Waals surface area (Å²) in [5, 5.41) is 5.28. The first-order valence-electron chi connectivity index (χ1n) is 12.3. The number of carbonyl (C=O) groups excluding carboxylic acids is 1. The topological polar surface area (TPSA) is 56.2 Å². The molecule has 0 aliphatic heterocycles. The lowest BCUT2D eigenvalue weighted by atomic mass is 10.1. The highest BCUT2D eigenvalue weighted by Gasteiger charge is 2.11. The SMILES string of the molecule is O=C(NCCCc1nc2ccccc2n1CCCOc1ccc2ccccc2c1)c1ccc(F)cc1. The number of aryl methyl sites for hydroxylation is 2. The van der Waals surface area contributed by atoms with E-state index in [0.29, 0.717) is 18.7 Å². The van der Waals surface area contributed by atoms with Crippen LogP contribution in [0.1, 0.15) is 29.0 Å². The van der Waals surface area contributed by atoms with Gasteiger partial charge in [-0.2, -0.15) is 0 Å². The minimum Gasteiger partial charge on any atom is -0.494 e. The Morgan fingerprint density at radius 1 is 0.889 bits per heavy atom. The molecule has 5 aromatic rings. The fourth-order valence-corrected chi connectivity index (χ4v) is 4.39. The van der Waals surface area contributed by atoms with Gasteiger partial charge in [0.25, 0.3) is 5.91 Å². The van der Waals surface area contributed by atoms with Gasteiger partial charge in [-0.05, 0) is 72.1 Å². The van der Waals surface area contributed by atoms with E-state index in [0.717, 1.165) is 48.4 Å². The molecule has 5 nitrogen and oxygen atoms in total. The number of imidazole rings is 1. The van der Waals surface area contributed by atoms with Crippen LogP contribution in [0.4, 0.5) is 4.39 Å². The predicted octanol–water partition coefficient (Wildman–Crippen LogP) is 6.16. The Labute approximate surface area is 209 Å². The lowest BCUT2D eigenvalue weighted by molar-refractivity contribution is 0.0953. The molecule has 0 fully saturated rings. The fourth-order valence-electron chi connectivity index (χ4n) is 4.39. The molecule has 5 rings (SSSR count). The van der Waals surface area contributed by atoms with Gasteiger partial charge in [-0.15, -0.1) is 0 Å². The number of benzene rings is 4. The molecule has 0 saturated carbocycles. The number of carbonyl (C=O) groups is 1. The van der Waals surface area contributed by atoms with Gasteiger partial charge >= 0.3 is 0 Å². The zero-order chi connectivity index (χ0) is 24.7. The van der Waals surface area contributed by atoms with Gasteiger partial charge in [0.1, 0.15) is 17.4 Å². The molecule has 4 aromatic carbocycles. The largest absolute Gasteiger partial charge is 0.494 e. The van der Waals surface area contributed by atoms with E-state index >= 15 is 0 Å². The van der Waals surface area contributed by atoms with E-state index in [2.05, 4.69) is 40.2 Å². The molecule has 0 radical (unpaired) electrons. The summed E-state index contributed by atoms with van der Waals surface area (Å²) in [5.41, 5.74) is 2.53. The highest BCUT2D eigenvalue weighted by atomic mass is 19.1. The van der Waals surface area contributed by atoms with Crippen LogP contribution in [-0.2, 0) is 13.0 Å². The summed E-state index contributed by atoms with van der Waals surface area (Å²) in [6.45, 7) is 1.92. The van der Waals surface area contributed by atoms with Crippen LogP contribution in [0.2, 0.25) is 0 Å². The van der Waals surface area contributed by atoms with Gasteiger partial charge < -0.3 is 14.6 Å². The minimum absolute atomic E-state index is 0.200. The summed E-state index contributed by atoms with van der Waals surface area (Å²) in [6, 6.07) is 28.1. The second-order valence-corrected chi connectivity index (χ2v) is 8.75. The lowest BCUT2D eigenvalue weighted by Crippen LogP contribution is -2.25. The van der Waals surface area contributed by atoms with Crippen molar-refractivity contribution in [2.45, 2.75) is 25.8 Å². The zero-order valence-electron chi connectivity index (χ0n) is 20.0. The van der Waals surface area contributed by atoms with Crippen molar-refractivity contribution in [3.8, 4) is 5.75 Å². The zero-order valence-corrected chi connectivity index (χ0v) is 20.0. The lowest BCUT2D eigenvalue weighted by Gasteiger charge is -2.11. The number of nitrogens with zero attached hydrogens (tertiary/aromatic N) is 2. The van der Waals surface area contributed by atoms with E-state index in [1.54, 1.807) is 0 Å². The molecule has 0 spiro atoms. The fraction of sp³-hybridized carbons (Fsp3) is 0.200. The molecule has 36 heavy (non-hydrogen) atoms. The number of fused-ring (bicyclic) bond motifs is 2. The number of nitrogens with one attached hydrogen (secondary N) is 1. The van der Waals surface area contributed by atoms with Crippen LogP contribution < -0.4 is 10.1 Å². The van der Waals surface area contributed by atoms with Gasteiger partial charge in [-0.3, -0.25) is 4.79 Å². The first kappa shape index (κ1) is 23.5. The van der Waals surface area contributed by atoms with Crippen LogP contribution >= 0.6 is 0 Å². The Kier molecular flexibility index (Phi) is 7.22. The van der Waals surface area contributed by atoms with Crippen LogP contribution in [0.25, 0.3) is 21.8 Å². The summed E-state index contributed by atoms with van der Waals surface area (Å²) in [4.78, 5) is 17.1. The van der Waals surface area contributed by atoms with Crippen molar-refractivity contribution in [3.05, 3.63) is 108 Å². The van der Waals surface area contributed by atoms with Crippen LogP contribution in [0.15, 0.2) is 91.0 Å². The predicted molar refractivity (Wildman–Crippen MR) is 141 cm³/mol. The first-order valence-corrected chi connectivity index (χ1v) is 12.3. The number of aromatic nitrogens is 2. The molecule has 6 heteroatoms. The first-order chi connectivity index (χ1) is 17.7. The van der Waals surface area contributed by atoms with E-state index in [1.807, 2.05) is 36.4 Å². The van der Waals surface area contributed by atoms with Crippen molar-refractivity contribution in [1.82, 2.24) is 14.9 Å². The normalized spacial score (nSPS) is 11.1. The maximum absolute atomic E-state index is 13.1. The number of para-hydroxylation sites is 2. The van der Waals surface area contributed by atoms with Crippen LogP contribution in [-0.4, -0.2) is 28.6 Å². The number of ether oxygens (including phenoxy) is 1. The van der Waals surface area contributed by atoms with Gasteiger partial charge in [0, 0.05) is 25.1 Å². The Morgan fingerprint density at radius 3 is 2.53 bits per heavy atom. The van der Waals surface area contributed by atoms with E-state index in [4.69, 9.17) is 9.72 Å². The third-order valence-electron chi connectivity index (χ3n) is 6.22. The third kappa shape index (κ3) is 5.54. The van der Waals surface area contributed by atoms with Gasteiger partial charge in [0.15, 0.2) is 0 Å². The molecule has 0 atom stereocenters. The number of hydrogen-bond acceptors (Lipinski definition) is 3. The van der Waals surface area contributed by atoms with Crippen LogP contribution in [0, 0.1) is 5.82 Å². The molecule has 1 N–H and O–H groups in total. The summed E-state index contributed by atoms with van der Waals surface area (Å²) in [6.07, 6.45) is 2.34. The maximum atomic E-state index is 13.1. The van der Waals surface area contributed by atoms with Crippen molar-refractivity contribution in [3.63, 3.8) is 0 Å². The van der Waals surface area contributed by atoms with Crippen LogP contribution in [0.3, 0.4) is 0 Å². The quantitative estimate of drug-likeness (QED) is 0.243. The molecule has 182 valence electrons. The molecule has 0 aliphatic carbocycles. The second-order valence-electron chi connectivity index (χ2n) is 8.75. The number of amides is 1. The van der Waals surface area contributed by atoms with Crippen LogP contribution in [0.5, 0.6) is 5.75 Å². The Balaban J connectivity index is 1.17. The molecular weight excluding hydrogens is 453 g/mol. The van der Waals surface area contributed by atoms with E-state index < -0.39 is 0 Å². The Bertz CT molecular complexity index is 1480. The highest BCUT2D eigenvalue weighted by Crippen LogP contribution is 2.21. The summed E-state index contributed by atoms with van der Waals surface area (Å²) in [7, 11) is 0. The van der Waals surface area contributed by atoms with E-state index in [9.17, 15) is 9.18 Å². The third-order valence-corrected chi connectivity index (χ3v) is 6.22. The Morgan fingerprint density at radius 2 is 1.67 bits per heavy atom. The number of rotatable bonds is 10. The van der Waals surface area contributed by atoms with Crippen molar-refractivity contribution in [1.29, 1.82) is 0 Å². The number of halogens is 1. The van der Waals surface area contributed by atoms with Crippen molar-refractivity contribution < 1.29 is 13.9 Å². The minimum atomic E-state index is -0.354.